The van der Waals surface area contributed by atoms with Gasteiger partial charge < -0.3 is 10.2 Å². The quantitative estimate of drug-likeness (QED) is 0.895. The minimum absolute atomic E-state index is 0.207. The largest absolute Gasteiger partial charge is 0.373 e. The second kappa shape index (κ2) is 5.93. The van der Waals surface area contributed by atoms with Crippen LogP contribution in [0.5, 0.6) is 0 Å². The van der Waals surface area contributed by atoms with Crippen LogP contribution in [0.1, 0.15) is 19.4 Å². The molecule has 0 bridgehead atoms. The van der Waals surface area contributed by atoms with E-state index in [1.807, 2.05) is 0 Å². The number of piperazine rings is 1. The smallest absolute Gasteiger partial charge is 0.0393 e. The van der Waals surface area contributed by atoms with Gasteiger partial charge in [-0.2, -0.15) is 0 Å². The van der Waals surface area contributed by atoms with Gasteiger partial charge in [-0.3, -0.25) is 4.90 Å². The summed E-state index contributed by atoms with van der Waals surface area (Å²) in [5, 5.41) is 3.43. The number of anilines is 1. The Morgan fingerprint density at radius 1 is 1.21 bits per heavy atom. The Labute approximate surface area is 117 Å². The Hall–Kier alpha value is -1.06. The molecule has 0 amide bonds. The summed E-state index contributed by atoms with van der Waals surface area (Å²) in [7, 11) is 2.20. The molecule has 1 aromatic carbocycles. The van der Waals surface area contributed by atoms with Gasteiger partial charge in [0.1, 0.15) is 0 Å². The van der Waals surface area contributed by atoms with Crippen LogP contribution < -0.4 is 10.2 Å². The molecule has 0 unspecified atom stereocenters. The molecule has 3 heteroatoms. The highest BCUT2D eigenvalue weighted by molar-refractivity contribution is 5.52. The summed E-state index contributed by atoms with van der Waals surface area (Å²) in [6, 6.07) is 8.62. The number of nitrogens with one attached hydrogen (secondary N) is 1. The SMILES string of the molecule is Cc1ccccc1N(C)CC(C)(C)N1CCNCC1. The molecule has 1 heterocycles. The molecule has 1 aliphatic rings. The number of nitrogens with zero attached hydrogens (tertiary/aromatic N) is 2. The molecular formula is C16H27N3. The maximum atomic E-state index is 3.43. The summed E-state index contributed by atoms with van der Waals surface area (Å²) in [5.74, 6) is 0. The van der Waals surface area contributed by atoms with Gasteiger partial charge in [0, 0.05) is 51.0 Å². The Balaban J connectivity index is 2.04. The monoisotopic (exact) mass is 261 g/mol. The van der Waals surface area contributed by atoms with E-state index in [0.717, 1.165) is 32.7 Å². The fourth-order valence-electron chi connectivity index (χ4n) is 3.03. The molecule has 1 aromatic rings. The van der Waals surface area contributed by atoms with Crippen LogP contribution in [0, 0.1) is 6.92 Å². The Morgan fingerprint density at radius 3 is 2.47 bits per heavy atom. The highest BCUT2D eigenvalue weighted by Gasteiger charge is 2.29. The van der Waals surface area contributed by atoms with Crippen LogP contribution in [0.15, 0.2) is 24.3 Å². The van der Waals surface area contributed by atoms with Gasteiger partial charge in [-0.1, -0.05) is 18.2 Å². The third-order valence-electron chi connectivity index (χ3n) is 4.12. The van der Waals surface area contributed by atoms with Crippen molar-refractivity contribution in [2.75, 3.05) is 44.7 Å². The summed E-state index contributed by atoms with van der Waals surface area (Å²) in [6.45, 7) is 12.5. The van der Waals surface area contributed by atoms with Crippen LogP contribution in [0.25, 0.3) is 0 Å². The molecule has 0 radical (unpaired) electrons. The summed E-state index contributed by atoms with van der Waals surface area (Å²) in [6.07, 6.45) is 0. The summed E-state index contributed by atoms with van der Waals surface area (Å²) < 4.78 is 0. The first kappa shape index (κ1) is 14.4. The number of benzene rings is 1. The zero-order valence-corrected chi connectivity index (χ0v) is 12.7. The van der Waals surface area contributed by atoms with E-state index in [2.05, 4.69) is 67.2 Å². The Morgan fingerprint density at radius 2 is 1.84 bits per heavy atom. The van der Waals surface area contributed by atoms with Crippen LogP contribution in [0.3, 0.4) is 0 Å². The molecule has 1 N–H and O–H groups in total. The van der Waals surface area contributed by atoms with Gasteiger partial charge in [-0.25, -0.2) is 0 Å². The van der Waals surface area contributed by atoms with E-state index in [4.69, 9.17) is 0 Å². The lowest BCUT2D eigenvalue weighted by molar-refractivity contribution is 0.109. The number of likely N-dealkylation sites (N-methyl/N-ethyl adjacent to an activating group) is 1. The average molecular weight is 261 g/mol. The molecule has 2 rings (SSSR count). The minimum atomic E-state index is 0.207. The second-order valence-electron chi connectivity index (χ2n) is 6.19. The van der Waals surface area contributed by atoms with Crippen LogP contribution >= 0.6 is 0 Å². The molecule has 0 aromatic heterocycles. The first-order valence-electron chi connectivity index (χ1n) is 7.23. The molecule has 0 atom stereocenters. The molecule has 19 heavy (non-hydrogen) atoms. The summed E-state index contributed by atoms with van der Waals surface area (Å²) in [4.78, 5) is 4.98. The van der Waals surface area contributed by atoms with Crippen molar-refractivity contribution < 1.29 is 0 Å². The molecule has 0 spiro atoms. The third-order valence-corrected chi connectivity index (χ3v) is 4.12. The first-order chi connectivity index (χ1) is 9.00. The van der Waals surface area contributed by atoms with Crippen LogP contribution in [0.4, 0.5) is 5.69 Å². The number of para-hydroxylation sites is 1. The maximum absolute atomic E-state index is 3.43. The van der Waals surface area contributed by atoms with Crippen LogP contribution in [-0.4, -0.2) is 50.2 Å². The van der Waals surface area contributed by atoms with E-state index in [9.17, 15) is 0 Å². The molecule has 1 saturated heterocycles. The van der Waals surface area contributed by atoms with Crippen molar-refractivity contribution in [1.82, 2.24) is 10.2 Å². The van der Waals surface area contributed by atoms with E-state index in [-0.39, 0.29) is 5.54 Å². The summed E-state index contributed by atoms with van der Waals surface area (Å²) in [5.41, 5.74) is 2.89. The molecule has 0 saturated carbocycles. The van der Waals surface area contributed by atoms with Crippen molar-refractivity contribution in [3.05, 3.63) is 29.8 Å². The Kier molecular flexibility index (Phi) is 4.48. The fraction of sp³-hybridized carbons (Fsp3) is 0.625. The number of aryl methyl sites for hydroxylation is 1. The molecule has 3 nitrogen and oxygen atoms in total. The van der Waals surface area contributed by atoms with Crippen molar-refractivity contribution >= 4 is 5.69 Å². The zero-order chi connectivity index (χ0) is 13.9. The molecule has 106 valence electrons. The number of hydrogen-bond donors (Lipinski definition) is 1. The van der Waals surface area contributed by atoms with Crippen molar-refractivity contribution in [2.45, 2.75) is 26.3 Å². The zero-order valence-electron chi connectivity index (χ0n) is 12.7. The average Bonchev–Trinajstić information content (AvgIpc) is 2.39. The molecule has 1 fully saturated rings. The van der Waals surface area contributed by atoms with E-state index in [1.165, 1.54) is 11.3 Å². The standard InChI is InChI=1S/C16H27N3/c1-14-7-5-6-8-15(14)18(4)13-16(2,3)19-11-9-17-10-12-19/h5-8,17H,9-13H2,1-4H3. The van der Waals surface area contributed by atoms with Gasteiger partial charge in [0.15, 0.2) is 0 Å². The predicted molar refractivity (Wildman–Crippen MR) is 83.0 cm³/mol. The minimum Gasteiger partial charge on any atom is -0.373 e. The topological polar surface area (TPSA) is 18.5 Å². The predicted octanol–water partition coefficient (Wildman–Crippen LogP) is 2.12. The maximum Gasteiger partial charge on any atom is 0.0393 e. The fourth-order valence-corrected chi connectivity index (χ4v) is 3.03. The van der Waals surface area contributed by atoms with E-state index >= 15 is 0 Å². The van der Waals surface area contributed by atoms with Gasteiger partial charge in [-0.15, -0.1) is 0 Å². The van der Waals surface area contributed by atoms with Gasteiger partial charge >= 0.3 is 0 Å². The second-order valence-corrected chi connectivity index (χ2v) is 6.19. The molecular weight excluding hydrogens is 234 g/mol. The first-order valence-corrected chi connectivity index (χ1v) is 7.23. The van der Waals surface area contributed by atoms with Gasteiger partial charge in [0.25, 0.3) is 0 Å². The van der Waals surface area contributed by atoms with E-state index in [1.54, 1.807) is 0 Å². The lowest BCUT2D eigenvalue weighted by Gasteiger charge is -2.43. The normalized spacial score (nSPS) is 17.5. The highest BCUT2D eigenvalue weighted by Crippen LogP contribution is 2.23. The van der Waals surface area contributed by atoms with Crippen molar-refractivity contribution in [3.63, 3.8) is 0 Å². The molecule has 1 aliphatic heterocycles. The van der Waals surface area contributed by atoms with Gasteiger partial charge in [0.2, 0.25) is 0 Å². The van der Waals surface area contributed by atoms with Crippen LogP contribution in [0.2, 0.25) is 0 Å². The lowest BCUT2D eigenvalue weighted by Crippen LogP contribution is -2.57. The van der Waals surface area contributed by atoms with Gasteiger partial charge in [-0.05, 0) is 32.4 Å². The van der Waals surface area contributed by atoms with Crippen LogP contribution in [-0.2, 0) is 0 Å². The van der Waals surface area contributed by atoms with Gasteiger partial charge in [0.05, 0.1) is 0 Å². The number of hydrogen-bond acceptors (Lipinski definition) is 3. The lowest BCUT2D eigenvalue weighted by atomic mass is 10.00. The summed E-state index contributed by atoms with van der Waals surface area (Å²) >= 11 is 0. The van der Waals surface area contributed by atoms with Crippen molar-refractivity contribution in [1.29, 1.82) is 0 Å². The van der Waals surface area contributed by atoms with E-state index < -0.39 is 0 Å². The van der Waals surface area contributed by atoms with Crippen molar-refractivity contribution in [2.24, 2.45) is 0 Å². The highest BCUT2D eigenvalue weighted by atomic mass is 15.3. The Bertz CT molecular complexity index is 408. The number of rotatable bonds is 4. The molecule has 0 aliphatic carbocycles. The van der Waals surface area contributed by atoms with E-state index in [0.29, 0.717) is 0 Å². The van der Waals surface area contributed by atoms with Crippen molar-refractivity contribution in [3.8, 4) is 0 Å². The third kappa shape index (κ3) is 3.48.